The summed E-state index contributed by atoms with van der Waals surface area (Å²) in [5.41, 5.74) is 1.79. The predicted molar refractivity (Wildman–Crippen MR) is 124 cm³/mol. The van der Waals surface area contributed by atoms with Crippen molar-refractivity contribution in [1.29, 1.82) is 0 Å². The molecule has 2 atom stereocenters. The van der Waals surface area contributed by atoms with Gasteiger partial charge in [0.05, 0.1) is 0 Å². The van der Waals surface area contributed by atoms with E-state index >= 15 is 0 Å². The molecule has 2 unspecified atom stereocenters. The molecule has 2 amide bonds. The van der Waals surface area contributed by atoms with Gasteiger partial charge in [0, 0.05) is 36.1 Å². The molecule has 0 bridgehead atoms. The Morgan fingerprint density at radius 2 is 1.18 bits per heavy atom. The molecule has 2 aromatic rings. The molecule has 0 saturated heterocycles. The maximum absolute atomic E-state index is 12.9. The SMILES string of the molecule is O=C(NCc1cccc2c1OCCO2)C1CCCC(C(=O)NCc2cccc3c2OCCO3)C1. The molecule has 2 heterocycles. The lowest BCUT2D eigenvalue weighted by Crippen LogP contribution is -2.38. The van der Waals surface area contributed by atoms with E-state index in [1.807, 2.05) is 36.4 Å². The van der Waals surface area contributed by atoms with Gasteiger partial charge in [-0.05, 0) is 31.4 Å². The van der Waals surface area contributed by atoms with Gasteiger partial charge in [0.25, 0.3) is 0 Å². The van der Waals surface area contributed by atoms with Gasteiger partial charge in [0.1, 0.15) is 26.4 Å². The second-order valence-electron chi connectivity index (χ2n) is 8.88. The van der Waals surface area contributed by atoms with Crippen LogP contribution in [0.25, 0.3) is 0 Å². The second-order valence-corrected chi connectivity index (χ2v) is 8.88. The zero-order chi connectivity index (χ0) is 23.3. The molecule has 1 fully saturated rings. The molecule has 1 aliphatic carbocycles. The first kappa shape index (κ1) is 22.4. The molecule has 1 saturated carbocycles. The third-order valence-electron chi connectivity index (χ3n) is 6.62. The minimum Gasteiger partial charge on any atom is -0.486 e. The Hall–Kier alpha value is -3.42. The van der Waals surface area contributed by atoms with Crippen molar-refractivity contribution in [3.05, 3.63) is 47.5 Å². The van der Waals surface area contributed by atoms with E-state index < -0.39 is 0 Å². The van der Waals surface area contributed by atoms with Crippen LogP contribution in [0.2, 0.25) is 0 Å². The minimum atomic E-state index is -0.178. The highest BCUT2D eigenvalue weighted by molar-refractivity contribution is 5.82. The van der Waals surface area contributed by atoms with Crippen LogP contribution in [0, 0.1) is 11.8 Å². The van der Waals surface area contributed by atoms with E-state index in [1.165, 1.54) is 0 Å². The molecule has 0 spiro atoms. The number of amides is 2. The molecule has 8 nitrogen and oxygen atoms in total. The van der Waals surface area contributed by atoms with Gasteiger partial charge in [-0.15, -0.1) is 0 Å². The summed E-state index contributed by atoms with van der Waals surface area (Å²) in [5.74, 6) is 2.43. The largest absolute Gasteiger partial charge is 0.486 e. The summed E-state index contributed by atoms with van der Waals surface area (Å²) in [6, 6.07) is 11.4. The number of nitrogens with one attached hydrogen (secondary N) is 2. The molecule has 3 aliphatic rings. The fourth-order valence-corrected chi connectivity index (χ4v) is 4.87. The summed E-state index contributed by atoms with van der Waals surface area (Å²) in [6.07, 6.45) is 2.99. The lowest BCUT2D eigenvalue weighted by Gasteiger charge is -2.28. The van der Waals surface area contributed by atoms with Gasteiger partial charge in [0.2, 0.25) is 11.8 Å². The number of carbonyl (C=O) groups is 2. The number of para-hydroxylation sites is 2. The summed E-state index contributed by atoms with van der Waals surface area (Å²) in [7, 11) is 0. The number of hydrogen-bond donors (Lipinski definition) is 2. The summed E-state index contributed by atoms with van der Waals surface area (Å²) >= 11 is 0. The number of ether oxygens (including phenoxy) is 4. The van der Waals surface area contributed by atoms with E-state index in [9.17, 15) is 9.59 Å². The number of rotatable bonds is 6. The summed E-state index contributed by atoms with van der Waals surface area (Å²) < 4.78 is 22.7. The quantitative estimate of drug-likeness (QED) is 0.680. The van der Waals surface area contributed by atoms with Crippen molar-refractivity contribution in [2.75, 3.05) is 26.4 Å². The highest BCUT2D eigenvalue weighted by Gasteiger charge is 2.31. The van der Waals surface area contributed by atoms with Crippen molar-refractivity contribution < 1.29 is 28.5 Å². The predicted octanol–water partition coefficient (Wildman–Crippen LogP) is 2.97. The molecule has 2 aromatic carbocycles. The summed E-state index contributed by atoms with van der Waals surface area (Å²) in [4.78, 5) is 25.8. The van der Waals surface area contributed by atoms with Crippen molar-refractivity contribution in [2.45, 2.75) is 38.8 Å². The molecule has 2 N–H and O–H groups in total. The van der Waals surface area contributed by atoms with E-state index in [0.29, 0.717) is 68.9 Å². The van der Waals surface area contributed by atoms with Crippen LogP contribution in [0.5, 0.6) is 23.0 Å². The topological polar surface area (TPSA) is 95.1 Å². The third-order valence-corrected chi connectivity index (χ3v) is 6.62. The molecule has 34 heavy (non-hydrogen) atoms. The summed E-state index contributed by atoms with van der Waals surface area (Å²) in [6.45, 7) is 2.81. The number of fused-ring (bicyclic) bond motifs is 2. The van der Waals surface area contributed by atoms with Crippen LogP contribution in [-0.4, -0.2) is 38.2 Å². The van der Waals surface area contributed by atoms with Gasteiger partial charge in [-0.1, -0.05) is 30.7 Å². The minimum absolute atomic E-state index is 0.0190. The van der Waals surface area contributed by atoms with Gasteiger partial charge < -0.3 is 29.6 Å². The monoisotopic (exact) mass is 466 g/mol. The first-order valence-corrected chi connectivity index (χ1v) is 12.0. The average molecular weight is 467 g/mol. The Labute approximate surface area is 198 Å². The molecular weight excluding hydrogens is 436 g/mol. The number of carbonyl (C=O) groups excluding carboxylic acids is 2. The molecule has 0 radical (unpaired) electrons. The standard InChI is InChI=1S/C26H30N2O6/c29-25(27-15-19-6-2-8-21-23(19)33-12-10-31-21)17-4-1-5-18(14-17)26(30)28-16-20-7-3-9-22-24(20)34-13-11-32-22/h2-3,6-9,17-18H,1,4-5,10-16H2,(H,27,29)(H,28,30). The van der Waals surface area contributed by atoms with Crippen LogP contribution in [0.4, 0.5) is 0 Å². The van der Waals surface area contributed by atoms with Gasteiger partial charge in [0.15, 0.2) is 23.0 Å². The number of benzene rings is 2. The van der Waals surface area contributed by atoms with Crippen molar-refractivity contribution in [1.82, 2.24) is 10.6 Å². The molecular formula is C26H30N2O6. The van der Waals surface area contributed by atoms with Crippen LogP contribution >= 0.6 is 0 Å². The second kappa shape index (κ2) is 10.2. The highest BCUT2D eigenvalue weighted by Crippen LogP contribution is 2.35. The van der Waals surface area contributed by atoms with Crippen LogP contribution in [0.15, 0.2) is 36.4 Å². The molecule has 180 valence electrons. The molecule has 0 aromatic heterocycles. The van der Waals surface area contributed by atoms with Crippen LogP contribution in [-0.2, 0) is 22.7 Å². The third kappa shape index (κ3) is 4.90. The number of hydrogen-bond acceptors (Lipinski definition) is 6. The molecule has 8 heteroatoms. The van der Waals surface area contributed by atoms with Crippen molar-refractivity contribution in [3.8, 4) is 23.0 Å². The summed E-state index contributed by atoms with van der Waals surface area (Å²) in [5, 5.41) is 6.07. The zero-order valence-electron chi connectivity index (χ0n) is 19.1. The van der Waals surface area contributed by atoms with E-state index in [0.717, 1.165) is 30.4 Å². The average Bonchev–Trinajstić information content (AvgIpc) is 2.90. The van der Waals surface area contributed by atoms with Gasteiger partial charge in [-0.3, -0.25) is 9.59 Å². The normalized spacial score (nSPS) is 20.8. The Balaban J connectivity index is 1.14. The Bertz CT molecular complexity index is 974. The molecule has 5 rings (SSSR count). The Morgan fingerprint density at radius 3 is 1.68 bits per heavy atom. The first-order valence-electron chi connectivity index (χ1n) is 12.0. The van der Waals surface area contributed by atoms with Gasteiger partial charge >= 0.3 is 0 Å². The lowest BCUT2D eigenvalue weighted by molar-refractivity contribution is -0.130. The van der Waals surface area contributed by atoms with Crippen molar-refractivity contribution in [2.24, 2.45) is 11.8 Å². The fraction of sp³-hybridized carbons (Fsp3) is 0.462. The van der Waals surface area contributed by atoms with Crippen molar-refractivity contribution in [3.63, 3.8) is 0 Å². The van der Waals surface area contributed by atoms with E-state index in [2.05, 4.69) is 10.6 Å². The van der Waals surface area contributed by atoms with Crippen molar-refractivity contribution >= 4 is 11.8 Å². The Morgan fingerprint density at radius 1 is 0.706 bits per heavy atom. The maximum atomic E-state index is 12.9. The Kier molecular flexibility index (Phi) is 6.74. The first-order chi connectivity index (χ1) is 16.7. The van der Waals surface area contributed by atoms with E-state index in [1.54, 1.807) is 0 Å². The lowest BCUT2D eigenvalue weighted by atomic mass is 9.80. The van der Waals surface area contributed by atoms with Gasteiger partial charge in [-0.25, -0.2) is 0 Å². The van der Waals surface area contributed by atoms with E-state index in [4.69, 9.17) is 18.9 Å². The van der Waals surface area contributed by atoms with Gasteiger partial charge in [-0.2, -0.15) is 0 Å². The van der Waals surface area contributed by atoms with E-state index in [-0.39, 0.29) is 23.7 Å². The highest BCUT2D eigenvalue weighted by atomic mass is 16.6. The van der Waals surface area contributed by atoms with Crippen LogP contribution in [0.3, 0.4) is 0 Å². The smallest absolute Gasteiger partial charge is 0.223 e. The van der Waals surface area contributed by atoms with Crippen LogP contribution in [0.1, 0.15) is 36.8 Å². The fourth-order valence-electron chi connectivity index (χ4n) is 4.87. The van der Waals surface area contributed by atoms with Crippen LogP contribution < -0.4 is 29.6 Å². The zero-order valence-corrected chi connectivity index (χ0v) is 19.1. The molecule has 2 aliphatic heterocycles. The maximum Gasteiger partial charge on any atom is 0.223 e.